The molecular weight excluding hydrogens is 388 g/mol. The lowest BCUT2D eigenvalue weighted by atomic mass is 10.2. The van der Waals surface area contributed by atoms with Crippen molar-refractivity contribution in [2.24, 2.45) is 0 Å². The summed E-state index contributed by atoms with van der Waals surface area (Å²) in [5, 5.41) is 3.24. The van der Waals surface area contributed by atoms with Gasteiger partial charge >= 0.3 is 6.03 Å². The number of nitrogens with one attached hydrogen (secondary N) is 1. The van der Waals surface area contributed by atoms with E-state index < -0.39 is 10.0 Å². The van der Waals surface area contributed by atoms with Gasteiger partial charge in [-0.3, -0.25) is 4.98 Å². The van der Waals surface area contributed by atoms with Crippen LogP contribution in [-0.4, -0.2) is 61.4 Å². The summed E-state index contributed by atoms with van der Waals surface area (Å²) >= 11 is 5.90. The maximum atomic E-state index is 12.7. The lowest BCUT2D eigenvalue weighted by molar-refractivity contribution is 0.172. The highest BCUT2D eigenvalue weighted by molar-refractivity contribution is 7.89. The van der Waals surface area contributed by atoms with Crippen molar-refractivity contribution in [3.63, 3.8) is 0 Å². The number of rotatable bonds is 5. The number of hydrogen-bond donors (Lipinski definition) is 1. The molecule has 0 bridgehead atoms. The number of amides is 2. The van der Waals surface area contributed by atoms with E-state index in [1.807, 2.05) is 12.1 Å². The second-order valence-corrected chi connectivity index (χ2v) is 8.57. The van der Waals surface area contributed by atoms with Gasteiger partial charge in [-0.15, -0.1) is 0 Å². The van der Waals surface area contributed by atoms with Gasteiger partial charge in [-0.2, -0.15) is 4.31 Å². The first-order valence-electron chi connectivity index (χ1n) is 8.64. The number of sulfonamides is 1. The second-order valence-electron chi connectivity index (χ2n) is 6.19. The largest absolute Gasteiger partial charge is 0.338 e. The van der Waals surface area contributed by atoms with E-state index in [1.165, 1.54) is 16.4 Å². The number of hydrogen-bond acceptors (Lipinski definition) is 4. The molecule has 1 aromatic heterocycles. The van der Waals surface area contributed by atoms with Crippen LogP contribution in [0.2, 0.25) is 5.02 Å². The van der Waals surface area contributed by atoms with Gasteiger partial charge in [0.2, 0.25) is 10.0 Å². The minimum Gasteiger partial charge on any atom is -0.338 e. The number of carbonyl (C=O) groups is 1. The lowest BCUT2D eigenvalue weighted by Gasteiger charge is -2.34. The minimum atomic E-state index is -3.60. The molecular formula is C18H21ClN4O3S. The number of nitrogens with zero attached hydrogens (tertiary/aromatic N) is 3. The van der Waals surface area contributed by atoms with Gasteiger partial charge in [0, 0.05) is 50.1 Å². The molecule has 9 heteroatoms. The third-order valence-corrected chi connectivity index (χ3v) is 6.50. The molecule has 0 unspecified atom stereocenters. The standard InChI is InChI=1S/C18H21ClN4O3S/c19-16-4-1-5-17(13-16)27(25,26)23-11-9-22(10-12-23)18(24)21-8-6-15-3-2-7-20-14-15/h1-5,7,13-14H,6,8-12H2,(H,21,24). The number of urea groups is 1. The number of carbonyl (C=O) groups excluding carboxylic acids is 1. The maximum Gasteiger partial charge on any atom is 0.317 e. The predicted octanol–water partition coefficient (Wildman–Crippen LogP) is 1.99. The van der Waals surface area contributed by atoms with Gasteiger partial charge in [-0.05, 0) is 36.2 Å². The molecule has 27 heavy (non-hydrogen) atoms. The van der Waals surface area contributed by atoms with Crippen LogP contribution in [-0.2, 0) is 16.4 Å². The SMILES string of the molecule is O=C(NCCc1cccnc1)N1CCN(S(=O)(=O)c2cccc(Cl)c2)CC1. The van der Waals surface area contributed by atoms with Gasteiger partial charge < -0.3 is 10.2 Å². The molecule has 0 spiro atoms. The van der Waals surface area contributed by atoms with Crippen molar-refractivity contribution in [3.8, 4) is 0 Å². The van der Waals surface area contributed by atoms with E-state index in [-0.39, 0.29) is 24.0 Å². The summed E-state index contributed by atoms with van der Waals surface area (Å²) < 4.78 is 26.8. The van der Waals surface area contributed by atoms with Gasteiger partial charge in [-0.25, -0.2) is 13.2 Å². The Labute approximate surface area is 164 Å². The minimum absolute atomic E-state index is 0.171. The number of pyridine rings is 1. The van der Waals surface area contributed by atoms with Crippen molar-refractivity contribution < 1.29 is 13.2 Å². The zero-order valence-electron chi connectivity index (χ0n) is 14.7. The summed E-state index contributed by atoms with van der Waals surface area (Å²) in [4.78, 5) is 18.1. The number of piperazine rings is 1. The topological polar surface area (TPSA) is 82.6 Å². The van der Waals surface area contributed by atoms with Gasteiger partial charge in [0.25, 0.3) is 0 Å². The lowest BCUT2D eigenvalue weighted by Crippen LogP contribution is -2.53. The van der Waals surface area contributed by atoms with Gasteiger partial charge in [0.1, 0.15) is 0 Å². The molecule has 2 aromatic rings. The van der Waals surface area contributed by atoms with Gasteiger partial charge in [0.15, 0.2) is 0 Å². The highest BCUT2D eigenvalue weighted by atomic mass is 35.5. The molecule has 1 N–H and O–H groups in total. The molecule has 0 atom stereocenters. The van der Waals surface area contributed by atoms with Crippen LogP contribution in [0.5, 0.6) is 0 Å². The highest BCUT2D eigenvalue weighted by Gasteiger charge is 2.30. The summed E-state index contributed by atoms with van der Waals surface area (Å²) in [6.45, 7) is 1.71. The Balaban J connectivity index is 1.50. The van der Waals surface area contributed by atoms with E-state index in [2.05, 4.69) is 10.3 Å². The number of halogens is 1. The summed E-state index contributed by atoms with van der Waals surface area (Å²) in [6, 6.07) is 9.84. The van der Waals surface area contributed by atoms with Gasteiger partial charge in [0.05, 0.1) is 4.90 Å². The van der Waals surface area contributed by atoms with E-state index in [0.717, 1.165) is 5.56 Å². The molecule has 1 saturated heterocycles. The van der Waals surface area contributed by atoms with Crippen molar-refractivity contribution in [3.05, 3.63) is 59.4 Å². The van der Waals surface area contributed by atoms with Crippen LogP contribution in [0.1, 0.15) is 5.56 Å². The van der Waals surface area contributed by atoms with E-state index in [9.17, 15) is 13.2 Å². The second kappa shape index (κ2) is 8.69. The Bertz CT molecular complexity index is 884. The molecule has 0 saturated carbocycles. The molecule has 0 radical (unpaired) electrons. The van der Waals surface area contributed by atoms with E-state index in [0.29, 0.717) is 31.1 Å². The fourth-order valence-corrected chi connectivity index (χ4v) is 4.60. The molecule has 144 valence electrons. The van der Waals surface area contributed by atoms with Crippen LogP contribution in [0, 0.1) is 0 Å². The molecule has 2 amide bonds. The number of aromatic nitrogens is 1. The van der Waals surface area contributed by atoms with Crippen LogP contribution in [0.4, 0.5) is 4.79 Å². The maximum absolute atomic E-state index is 12.7. The molecule has 1 aromatic carbocycles. The van der Waals surface area contributed by atoms with Crippen LogP contribution in [0.25, 0.3) is 0 Å². The summed E-state index contributed by atoms with van der Waals surface area (Å²) in [7, 11) is -3.60. The van der Waals surface area contributed by atoms with Crippen LogP contribution < -0.4 is 5.32 Å². The first-order chi connectivity index (χ1) is 13.0. The van der Waals surface area contributed by atoms with E-state index >= 15 is 0 Å². The van der Waals surface area contributed by atoms with E-state index in [4.69, 9.17) is 11.6 Å². The molecule has 1 aliphatic rings. The first kappa shape index (κ1) is 19.6. The summed E-state index contributed by atoms with van der Waals surface area (Å²) in [5.74, 6) is 0. The Hall–Kier alpha value is -2.16. The Morgan fingerprint density at radius 2 is 1.93 bits per heavy atom. The Morgan fingerprint density at radius 3 is 2.59 bits per heavy atom. The fraction of sp³-hybridized carbons (Fsp3) is 0.333. The molecule has 0 aliphatic carbocycles. The monoisotopic (exact) mass is 408 g/mol. The fourth-order valence-electron chi connectivity index (χ4n) is 2.88. The third kappa shape index (κ3) is 4.97. The van der Waals surface area contributed by atoms with Crippen LogP contribution in [0.15, 0.2) is 53.7 Å². The normalized spacial score (nSPS) is 15.5. The Morgan fingerprint density at radius 1 is 1.15 bits per heavy atom. The zero-order valence-corrected chi connectivity index (χ0v) is 16.3. The average molecular weight is 409 g/mol. The molecule has 3 rings (SSSR count). The third-order valence-electron chi connectivity index (χ3n) is 4.37. The first-order valence-corrected chi connectivity index (χ1v) is 10.5. The van der Waals surface area contributed by atoms with Crippen molar-refractivity contribution in [1.82, 2.24) is 19.5 Å². The molecule has 1 fully saturated rings. The summed E-state index contributed by atoms with van der Waals surface area (Å²) in [6.07, 6.45) is 4.17. The van der Waals surface area contributed by atoms with Crippen LogP contribution in [0.3, 0.4) is 0 Å². The van der Waals surface area contributed by atoms with Crippen molar-refractivity contribution in [2.75, 3.05) is 32.7 Å². The van der Waals surface area contributed by atoms with Crippen molar-refractivity contribution in [2.45, 2.75) is 11.3 Å². The smallest absolute Gasteiger partial charge is 0.317 e. The molecule has 7 nitrogen and oxygen atoms in total. The number of benzene rings is 1. The predicted molar refractivity (Wildman–Crippen MR) is 103 cm³/mol. The zero-order chi connectivity index (χ0) is 19.3. The highest BCUT2D eigenvalue weighted by Crippen LogP contribution is 2.20. The van der Waals surface area contributed by atoms with Gasteiger partial charge in [-0.1, -0.05) is 23.7 Å². The summed E-state index contributed by atoms with van der Waals surface area (Å²) in [5.41, 5.74) is 1.05. The Kier molecular flexibility index (Phi) is 6.30. The van der Waals surface area contributed by atoms with Crippen molar-refractivity contribution >= 4 is 27.7 Å². The van der Waals surface area contributed by atoms with E-state index in [1.54, 1.807) is 29.4 Å². The van der Waals surface area contributed by atoms with Crippen LogP contribution >= 0.6 is 11.6 Å². The average Bonchev–Trinajstić information content (AvgIpc) is 2.69. The van der Waals surface area contributed by atoms with Crippen molar-refractivity contribution in [1.29, 1.82) is 0 Å². The molecule has 1 aliphatic heterocycles. The molecule has 2 heterocycles. The quantitative estimate of drug-likeness (QED) is 0.820.